The molecule has 2 heterocycles. The van der Waals surface area contributed by atoms with Gasteiger partial charge in [0.25, 0.3) is 5.91 Å². The first-order chi connectivity index (χ1) is 11.1. The predicted octanol–water partition coefficient (Wildman–Crippen LogP) is 1.59. The molecule has 1 N–H and O–H groups in total. The molecule has 0 aliphatic carbocycles. The number of piperidine rings is 1. The van der Waals surface area contributed by atoms with Crippen molar-refractivity contribution in [2.24, 2.45) is 5.92 Å². The second-order valence-electron chi connectivity index (χ2n) is 5.72. The van der Waals surface area contributed by atoms with Crippen molar-refractivity contribution in [1.29, 1.82) is 0 Å². The van der Waals surface area contributed by atoms with Gasteiger partial charge in [-0.25, -0.2) is 4.68 Å². The number of aliphatic carboxylic acids is 1. The van der Waals surface area contributed by atoms with Gasteiger partial charge in [0.2, 0.25) is 0 Å². The van der Waals surface area contributed by atoms with E-state index in [2.05, 4.69) is 10.3 Å². The molecule has 2 atom stereocenters. The second kappa shape index (κ2) is 6.20. The highest BCUT2D eigenvalue weighted by molar-refractivity contribution is 5.95. The zero-order chi connectivity index (χ0) is 16.4. The molecule has 23 heavy (non-hydrogen) atoms. The van der Waals surface area contributed by atoms with Crippen molar-refractivity contribution in [2.45, 2.75) is 25.8 Å². The van der Waals surface area contributed by atoms with Crippen LogP contribution in [0.4, 0.5) is 0 Å². The lowest BCUT2D eigenvalue weighted by atomic mass is 9.90. The Kier molecular flexibility index (Phi) is 4.10. The third-order valence-corrected chi connectivity index (χ3v) is 4.35. The van der Waals surface area contributed by atoms with Crippen LogP contribution in [0.15, 0.2) is 36.7 Å². The Morgan fingerprint density at radius 1 is 1.35 bits per heavy atom. The van der Waals surface area contributed by atoms with Crippen LogP contribution in [0.25, 0.3) is 5.69 Å². The summed E-state index contributed by atoms with van der Waals surface area (Å²) in [5.74, 6) is -1.50. The average molecular weight is 314 g/mol. The Labute approximate surface area is 133 Å². The van der Waals surface area contributed by atoms with E-state index in [1.807, 2.05) is 6.07 Å². The smallest absolute Gasteiger partial charge is 0.308 e. The van der Waals surface area contributed by atoms with Crippen LogP contribution < -0.4 is 0 Å². The normalized spacial score (nSPS) is 21.2. The fourth-order valence-electron chi connectivity index (χ4n) is 3.05. The number of rotatable bonds is 3. The number of amides is 1. The standard InChI is InChI=1S/C16H18N4O3/c1-11-14(16(22)23)6-3-8-19(11)15(21)12-4-2-5-13(10-12)20-9-7-17-18-20/h2,4-5,7,9-11,14H,3,6,8H2,1H3,(H,22,23)/t11-,14-/m1/s1. The fourth-order valence-corrected chi connectivity index (χ4v) is 3.05. The molecule has 1 saturated heterocycles. The van der Waals surface area contributed by atoms with Crippen LogP contribution in [-0.4, -0.2) is 49.5 Å². The van der Waals surface area contributed by atoms with Crippen LogP contribution in [0, 0.1) is 5.92 Å². The minimum Gasteiger partial charge on any atom is -0.481 e. The van der Waals surface area contributed by atoms with Crippen LogP contribution >= 0.6 is 0 Å². The lowest BCUT2D eigenvalue weighted by Crippen LogP contribution is -2.49. The Morgan fingerprint density at radius 3 is 2.87 bits per heavy atom. The van der Waals surface area contributed by atoms with Gasteiger partial charge in [-0.05, 0) is 38.0 Å². The number of aromatic nitrogens is 3. The molecule has 1 aromatic carbocycles. The summed E-state index contributed by atoms with van der Waals surface area (Å²) in [6.07, 6.45) is 4.58. The molecule has 0 unspecified atom stereocenters. The van der Waals surface area contributed by atoms with E-state index in [1.54, 1.807) is 47.1 Å². The molecule has 0 radical (unpaired) electrons. The zero-order valence-electron chi connectivity index (χ0n) is 12.8. The maximum Gasteiger partial charge on any atom is 0.308 e. The van der Waals surface area contributed by atoms with Gasteiger partial charge in [-0.1, -0.05) is 11.3 Å². The Balaban J connectivity index is 1.85. The topological polar surface area (TPSA) is 88.3 Å². The molecule has 120 valence electrons. The van der Waals surface area contributed by atoms with E-state index in [9.17, 15) is 14.7 Å². The first-order valence-corrected chi connectivity index (χ1v) is 7.58. The summed E-state index contributed by atoms with van der Waals surface area (Å²) >= 11 is 0. The van der Waals surface area contributed by atoms with Gasteiger partial charge in [0.05, 0.1) is 24.0 Å². The Bertz CT molecular complexity index is 714. The minimum atomic E-state index is -0.841. The summed E-state index contributed by atoms with van der Waals surface area (Å²) in [5.41, 5.74) is 1.27. The number of nitrogens with zero attached hydrogens (tertiary/aromatic N) is 4. The van der Waals surface area contributed by atoms with Gasteiger partial charge in [0.15, 0.2) is 0 Å². The molecule has 1 fully saturated rings. The Hall–Kier alpha value is -2.70. The van der Waals surface area contributed by atoms with Crippen molar-refractivity contribution in [1.82, 2.24) is 19.9 Å². The minimum absolute atomic E-state index is 0.148. The van der Waals surface area contributed by atoms with E-state index in [4.69, 9.17) is 0 Å². The summed E-state index contributed by atoms with van der Waals surface area (Å²) in [6, 6.07) is 6.79. The second-order valence-corrected chi connectivity index (χ2v) is 5.72. The van der Waals surface area contributed by atoms with E-state index in [0.29, 0.717) is 24.9 Å². The van der Waals surface area contributed by atoms with Gasteiger partial charge in [0.1, 0.15) is 0 Å². The lowest BCUT2D eigenvalue weighted by Gasteiger charge is -2.37. The van der Waals surface area contributed by atoms with Crippen LogP contribution in [0.2, 0.25) is 0 Å². The first-order valence-electron chi connectivity index (χ1n) is 7.58. The number of hydrogen-bond donors (Lipinski definition) is 1. The molecular weight excluding hydrogens is 296 g/mol. The molecular formula is C16H18N4O3. The number of hydrogen-bond acceptors (Lipinski definition) is 4. The highest BCUT2D eigenvalue weighted by atomic mass is 16.4. The number of likely N-dealkylation sites (tertiary alicyclic amines) is 1. The van der Waals surface area contributed by atoms with Crippen LogP contribution in [-0.2, 0) is 4.79 Å². The van der Waals surface area contributed by atoms with Gasteiger partial charge < -0.3 is 10.0 Å². The van der Waals surface area contributed by atoms with E-state index < -0.39 is 11.9 Å². The molecule has 1 aromatic heterocycles. The van der Waals surface area contributed by atoms with E-state index >= 15 is 0 Å². The summed E-state index contributed by atoms with van der Waals surface area (Å²) in [4.78, 5) is 25.8. The molecule has 3 rings (SSSR count). The first kappa shape index (κ1) is 15.2. The van der Waals surface area contributed by atoms with Gasteiger partial charge >= 0.3 is 5.97 Å². The molecule has 1 amide bonds. The summed E-state index contributed by atoms with van der Waals surface area (Å²) in [6.45, 7) is 2.38. The van der Waals surface area contributed by atoms with Gasteiger partial charge in [-0.2, -0.15) is 0 Å². The monoisotopic (exact) mass is 314 g/mol. The van der Waals surface area contributed by atoms with Crippen molar-refractivity contribution in [2.75, 3.05) is 6.54 Å². The van der Waals surface area contributed by atoms with Crippen LogP contribution in [0.5, 0.6) is 0 Å². The maximum atomic E-state index is 12.8. The number of carbonyl (C=O) groups excluding carboxylic acids is 1. The summed E-state index contributed by atoms with van der Waals surface area (Å²) in [5, 5.41) is 17.0. The zero-order valence-corrected chi connectivity index (χ0v) is 12.8. The van der Waals surface area contributed by atoms with Gasteiger partial charge in [0, 0.05) is 18.2 Å². The number of carbonyl (C=O) groups is 2. The predicted molar refractivity (Wildman–Crippen MR) is 82.2 cm³/mol. The highest BCUT2D eigenvalue weighted by Crippen LogP contribution is 2.25. The molecule has 2 aromatic rings. The number of carboxylic acids is 1. The molecule has 0 saturated carbocycles. The van der Waals surface area contributed by atoms with Crippen molar-refractivity contribution in [3.05, 3.63) is 42.2 Å². The molecule has 7 heteroatoms. The SMILES string of the molecule is C[C@@H]1[C@H](C(=O)O)CCCN1C(=O)c1cccc(-n2ccnn2)c1. The lowest BCUT2D eigenvalue weighted by molar-refractivity contribution is -0.144. The van der Waals surface area contributed by atoms with Crippen LogP contribution in [0.3, 0.4) is 0 Å². The average Bonchev–Trinajstić information content (AvgIpc) is 3.09. The number of benzene rings is 1. The third kappa shape index (κ3) is 2.94. The van der Waals surface area contributed by atoms with Crippen molar-refractivity contribution >= 4 is 11.9 Å². The maximum absolute atomic E-state index is 12.8. The van der Waals surface area contributed by atoms with Gasteiger partial charge in [-0.3, -0.25) is 9.59 Å². The quantitative estimate of drug-likeness (QED) is 0.929. The van der Waals surface area contributed by atoms with Crippen molar-refractivity contribution in [3.63, 3.8) is 0 Å². The van der Waals surface area contributed by atoms with E-state index in [-0.39, 0.29) is 11.9 Å². The summed E-state index contributed by atoms with van der Waals surface area (Å²) in [7, 11) is 0. The third-order valence-electron chi connectivity index (χ3n) is 4.35. The number of carboxylic acid groups (broad SMARTS) is 1. The Morgan fingerprint density at radius 2 is 2.17 bits per heavy atom. The van der Waals surface area contributed by atoms with Gasteiger partial charge in [-0.15, -0.1) is 5.10 Å². The fraction of sp³-hybridized carbons (Fsp3) is 0.375. The summed E-state index contributed by atoms with van der Waals surface area (Å²) < 4.78 is 1.58. The van der Waals surface area contributed by atoms with Crippen LogP contribution in [0.1, 0.15) is 30.1 Å². The van der Waals surface area contributed by atoms with Crippen molar-refractivity contribution in [3.8, 4) is 5.69 Å². The van der Waals surface area contributed by atoms with E-state index in [0.717, 1.165) is 5.69 Å². The molecule has 0 bridgehead atoms. The molecule has 1 aliphatic rings. The van der Waals surface area contributed by atoms with E-state index in [1.165, 1.54) is 0 Å². The largest absolute Gasteiger partial charge is 0.481 e. The molecule has 1 aliphatic heterocycles. The highest BCUT2D eigenvalue weighted by Gasteiger charge is 2.35. The molecule has 7 nitrogen and oxygen atoms in total. The van der Waals surface area contributed by atoms with Crippen molar-refractivity contribution < 1.29 is 14.7 Å². The molecule has 0 spiro atoms.